The fourth-order valence-corrected chi connectivity index (χ4v) is 8.35. The number of pyridine rings is 1. The molecule has 7 rings (SSSR count). The summed E-state index contributed by atoms with van der Waals surface area (Å²) in [5.74, 6) is -0.601. The van der Waals surface area contributed by atoms with Crippen molar-refractivity contribution in [2.45, 2.75) is 69.9 Å². The lowest BCUT2D eigenvalue weighted by molar-refractivity contribution is -0.140. The molecule has 1 unspecified atom stereocenters. The number of carbonyl (C=O) groups excluding carboxylic acids is 3. The molecule has 3 N–H and O–H groups in total. The highest BCUT2D eigenvalue weighted by molar-refractivity contribution is 6.36. The maximum atomic E-state index is 14.1. The number of aryl methyl sites for hydroxylation is 1. The van der Waals surface area contributed by atoms with Gasteiger partial charge >= 0.3 is 0 Å². The predicted octanol–water partition coefficient (Wildman–Crippen LogP) is 5.40. The van der Waals surface area contributed by atoms with Gasteiger partial charge in [-0.25, -0.2) is 4.98 Å². The third-order valence-corrected chi connectivity index (χ3v) is 11.7. The summed E-state index contributed by atoms with van der Waals surface area (Å²) in [5.41, 5.74) is 3.99. The highest BCUT2D eigenvalue weighted by atomic mass is 35.5. The molecule has 1 atom stereocenters. The molecule has 1 saturated heterocycles. The summed E-state index contributed by atoms with van der Waals surface area (Å²) in [5, 5.41) is 19.5. The second-order valence-electron chi connectivity index (χ2n) is 15.8. The Kier molecular flexibility index (Phi) is 12.3. The van der Waals surface area contributed by atoms with Crippen molar-refractivity contribution in [1.29, 1.82) is 0 Å². The molecule has 2 aromatic heterocycles. The number of benzene rings is 3. The molecule has 57 heavy (non-hydrogen) atoms. The summed E-state index contributed by atoms with van der Waals surface area (Å²) in [4.78, 5) is 66.0. The average molecular weight is 792 g/mol. The number of hydrogen-bond donors (Lipinski definition) is 3. The lowest BCUT2D eigenvalue weighted by Crippen LogP contribution is -2.51. The third-order valence-electron chi connectivity index (χ3n) is 11.3. The molecule has 3 heterocycles. The molecular weight excluding hydrogens is 742 g/mol. The van der Waals surface area contributed by atoms with Crippen LogP contribution in [0.4, 0.5) is 5.69 Å². The van der Waals surface area contributed by atoms with Crippen molar-refractivity contribution in [2.75, 3.05) is 45.6 Å². The number of halogens is 1. The lowest BCUT2D eigenvalue weighted by atomic mass is 9.88. The fourth-order valence-electron chi connectivity index (χ4n) is 7.98. The standard InChI is InChI=1S/C44H50ClN7O5/c1-50(2)21-17-39(53)48-32-14-16-35-37(26-32)47-28-52(43(35)56)27-44(57)18-22-51(23-19-44)42(55)31(24-29-8-4-3-5-9-29)10-7-20-46-41(54)30-13-15-34-38(25-30)49-36-12-6-11-33(36)40(34)45/h3-5,8-9,13-16,25-26,28,31,57H,6-7,10-12,17-24,27H2,1-2H3,(H,46,54)(H,48,53). The summed E-state index contributed by atoms with van der Waals surface area (Å²) in [7, 11) is 3.81. The molecule has 1 aliphatic heterocycles. The summed E-state index contributed by atoms with van der Waals surface area (Å²) in [6, 6.07) is 20.4. The number of likely N-dealkylation sites (tertiary alicyclic amines) is 1. The van der Waals surface area contributed by atoms with E-state index in [0.29, 0.717) is 86.9 Å². The van der Waals surface area contributed by atoms with Crippen LogP contribution in [-0.4, -0.2) is 93.0 Å². The van der Waals surface area contributed by atoms with Gasteiger partial charge in [0, 0.05) is 60.8 Å². The van der Waals surface area contributed by atoms with Gasteiger partial charge in [-0.15, -0.1) is 0 Å². The van der Waals surface area contributed by atoms with Crippen LogP contribution < -0.4 is 16.2 Å². The topological polar surface area (TPSA) is 150 Å². The molecule has 0 spiro atoms. The Bertz CT molecular complexity index is 2340. The first-order valence-corrected chi connectivity index (χ1v) is 20.2. The van der Waals surface area contributed by atoms with E-state index < -0.39 is 5.60 Å². The quantitative estimate of drug-likeness (QED) is 0.127. The van der Waals surface area contributed by atoms with Crippen molar-refractivity contribution in [1.82, 2.24) is 29.7 Å². The van der Waals surface area contributed by atoms with Crippen molar-refractivity contribution in [3.63, 3.8) is 0 Å². The van der Waals surface area contributed by atoms with Crippen molar-refractivity contribution in [2.24, 2.45) is 5.92 Å². The summed E-state index contributed by atoms with van der Waals surface area (Å²) >= 11 is 6.68. The zero-order chi connectivity index (χ0) is 40.1. The molecule has 0 radical (unpaired) electrons. The molecular formula is C44H50ClN7O5. The van der Waals surface area contributed by atoms with Gasteiger partial charge in [0.2, 0.25) is 11.8 Å². The summed E-state index contributed by atoms with van der Waals surface area (Å²) < 4.78 is 1.43. The number of anilines is 1. The van der Waals surface area contributed by atoms with Gasteiger partial charge in [-0.2, -0.15) is 0 Å². The molecule has 0 saturated carbocycles. The highest BCUT2D eigenvalue weighted by Gasteiger charge is 2.36. The van der Waals surface area contributed by atoms with E-state index in [1.807, 2.05) is 60.3 Å². The van der Waals surface area contributed by atoms with Crippen LogP contribution >= 0.6 is 11.6 Å². The van der Waals surface area contributed by atoms with Gasteiger partial charge in [-0.05, 0) is 107 Å². The van der Waals surface area contributed by atoms with Crippen LogP contribution in [-0.2, 0) is 35.4 Å². The van der Waals surface area contributed by atoms with Gasteiger partial charge in [0.05, 0.1) is 39.9 Å². The molecule has 3 amide bonds. The zero-order valence-corrected chi connectivity index (χ0v) is 33.4. The Hall–Kier alpha value is -5.17. The number of amides is 3. The number of carbonyl (C=O) groups is 3. The van der Waals surface area contributed by atoms with Gasteiger partial charge in [-0.3, -0.25) is 28.7 Å². The number of aliphatic hydroxyl groups is 1. The van der Waals surface area contributed by atoms with E-state index in [-0.39, 0.29) is 35.7 Å². The van der Waals surface area contributed by atoms with Crippen molar-refractivity contribution < 1.29 is 19.5 Å². The van der Waals surface area contributed by atoms with E-state index >= 15 is 0 Å². The van der Waals surface area contributed by atoms with Crippen LogP contribution in [0.15, 0.2) is 77.9 Å². The van der Waals surface area contributed by atoms with Crippen LogP contribution in [0.3, 0.4) is 0 Å². The minimum absolute atomic E-state index is 0.0198. The minimum atomic E-state index is -1.20. The van der Waals surface area contributed by atoms with Gasteiger partial charge in [0.15, 0.2) is 0 Å². The minimum Gasteiger partial charge on any atom is -0.388 e. The van der Waals surface area contributed by atoms with Crippen LogP contribution in [0.1, 0.15) is 65.7 Å². The molecule has 1 aliphatic carbocycles. The smallest absolute Gasteiger partial charge is 0.261 e. The normalized spacial score (nSPS) is 15.5. The SMILES string of the molecule is CN(C)CCC(=O)Nc1ccc2c(=O)n(CC3(O)CCN(C(=O)C(CCCNC(=O)c4ccc5c(Cl)c6c(nc5c4)CCC6)Cc4ccccc4)CC3)cnc2c1. The third kappa shape index (κ3) is 9.52. The second-order valence-corrected chi connectivity index (χ2v) is 16.2. The first-order valence-electron chi connectivity index (χ1n) is 19.8. The van der Waals surface area contributed by atoms with E-state index in [9.17, 15) is 24.3 Å². The molecule has 0 bridgehead atoms. The molecule has 298 valence electrons. The van der Waals surface area contributed by atoms with E-state index in [2.05, 4.69) is 15.6 Å². The Morgan fingerprint density at radius 3 is 2.53 bits per heavy atom. The van der Waals surface area contributed by atoms with Crippen molar-refractivity contribution in [3.8, 4) is 0 Å². The average Bonchev–Trinajstić information content (AvgIpc) is 3.68. The Labute approximate surface area is 337 Å². The predicted molar refractivity (Wildman–Crippen MR) is 223 cm³/mol. The number of rotatable bonds is 14. The number of fused-ring (bicyclic) bond motifs is 3. The van der Waals surface area contributed by atoms with Crippen molar-refractivity contribution in [3.05, 3.63) is 111 Å². The van der Waals surface area contributed by atoms with E-state index in [4.69, 9.17) is 16.6 Å². The van der Waals surface area contributed by atoms with Crippen LogP contribution in [0.2, 0.25) is 5.02 Å². The first kappa shape index (κ1) is 40.0. The largest absolute Gasteiger partial charge is 0.388 e. The Morgan fingerprint density at radius 2 is 1.75 bits per heavy atom. The first-order chi connectivity index (χ1) is 27.5. The van der Waals surface area contributed by atoms with Gasteiger partial charge < -0.3 is 25.5 Å². The molecule has 12 nitrogen and oxygen atoms in total. The fraction of sp³-hybridized carbons (Fsp3) is 0.409. The molecule has 3 aromatic carbocycles. The lowest BCUT2D eigenvalue weighted by Gasteiger charge is -2.39. The van der Waals surface area contributed by atoms with Gasteiger partial charge in [0.25, 0.3) is 11.5 Å². The van der Waals surface area contributed by atoms with Crippen LogP contribution in [0.5, 0.6) is 0 Å². The molecule has 2 aliphatic rings. The van der Waals surface area contributed by atoms with E-state index in [1.54, 1.807) is 30.3 Å². The molecule has 1 fully saturated rings. The highest BCUT2D eigenvalue weighted by Crippen LogP contribution is 2.34. The van der Waals surface area contributed by atoms with Crippen molar-refractivity contribution >= 4 is 56.8 Å². The van der Waals surface area contributed by atoms with Gasteiger partial charge in [-0.1, -0.05) is 48.0 Å². The summed E-state index contributed by atoms with van der Waals surface area (Å²) in [6.45, 7) is 1.79. The maximum absolute atomic E-state index is 14.1. The number of piperidine rings is 1. The van der Waals surface area contributed by atoms with Crippen LogP contribution in [0.25, 0.3) is 21.8 Å². The monoisotopic (exact) mass is 791 g/mol. The zero-order valence-electron chi connectivity index (χ0n) is 32.6. The van der Waals surface area contributed by atoms with Gasteiger partial charge in [0.1, 0.15) is 0 Å². The molecule has 13 heteroatoms. The Balaban J connectivity index is 0.946. The van der Waals surface area contributed by atoms with Crippen LogP contribution in [0, 0.1) is 5.92 Å². The second kappa shape index (κ2) is 17.5. The number of aromatic nitrogens is 3. The molecule has 5 aromatic rings. The number of nitrogens with zero attached hydrogens (tertiary/aromatic N) is 5. The maximum Gasteiger partial charge on any atom is 0.261 e. The Morgan fingerprint density at radius 1 is 0.982 bits per heavy atom. The summed E-state index contributed by atoms with van der Waals surface area (Å²) in [6.07, 6.45) is 7.03. The number of hydrogen-bond acceptors (Lipinski definition) is 8. The van der Waals surface area contributed by atoms with E-state index in [1.165, 1.54) is 10.9 Å². The van der Waals surface area contributed by atoms with E-state index in [0.717, 1.165) is 52.0 Å². The number of nitrogens with one attached hydrogen (secondary N) is 2.